The first-order valence-corrected chi connectivity index (χ1v) is 4.79. The van der Waals surface area contributed by atoms with Crippen LogP contribution in [0.1, 0.15) is 0 Å². The lowest BCUT2D eigenvalue weighted by Crippen LogP contribution is -1.90. The van der Waals surface area contributed by atoms with Crippen LogP contribution in [0.2, 0.25) is 5.02 Å². The molecule has 0 aliphatic carbocycles. The van der Waals surface area contributed by atoms with E-state index in [1.165, 1.54) is 6.07 Å². The summed E-state index contributed by atoms with van der Waals surface area (Å²) in [4.78, 5) is 3.96. The van der Waals surface area contributed by atoms with Crippen LogP contribution in [0.3, 0.4) is 0 Å². The van der Waals surface area contributed by atoms with Crippen LogP contribution in [-0.4, -0.2) is 10.1 Å². The van der Waals surface area contributed by atoms with Crippen molar-refractivity contribution in [2.24, 2.45) is 0 Å². The van der Waals surface area contributed by atoms with Crippen molar-refractivity contribution in [3.05, 3.63) is 47.7 Å². The standard InChI is InChI=1S/C11H9ClN2O/c12-8-3-4-10(11(15)6-8)14-9-2-1-5-13-7-9/h1-7,14-15H. The van der Waals surface area contributed by atoms with E-state index in [4.69, 9.17) is 11.6 Å². The van der Waals surface area contributed by atoms with Gasteiger partial charge in [-0.1, -0.05) is 11.6 Å². The number of phenols is 1. The van der Waals surface area contributed by atoms with Crippen molar-refractivity contribution in [3.8, 4) is 5.75 Å². The second-order valence-corrected chi connectivity index (χ2v) is 3.46. The summed E-state index contributed by atoms with van der Waals surface area (Å²) in [6, 6.07) is 8.58. The van der Waals surface area contributed by atoms with Crippen LogP contribution in [0, 0.1) is 0 Å². The highest BCUT2D eigenvalue weighted by Gasteiger charge is 2.01. The van der Waals surface area contributed by atoms with E-state index >= 15 is 0 Å². The number of nitrogens with zero attached hydrogens (tertiary/aromatic N) is 1. The van der Waals surface area contributed by atoms with E-state index in [0.717, 1.165) is 5.69 Å². The van der Waals surface area contributed by atoms with Crippen molar-refractivity contribution in [1.82, 2.24) is 4.98 Å². The van der Waals surface area contributed by atoms with Crippen LogP contribution in [0.15, 0.2) is 42.7 Å². The van der Waals surface area contributed by atoms with E-state index < -0.39 is 0 Å². The van der Waals surface area contributed by atoms with Gasteiger partial charge < -0.3 is 10.4 Å². The summed E-state index contributed by atoms with van der Waals surface area (Å²) >= 11 is 5.72. The minimum atomic E-state index is 0.117. The Morgan fingerprint density at radius 2 is 2.13 bits per heavy atom. The first-order valence-electron chi connectivity index (χ1n) is 4.41. The highest BCUT2D eigenvalue weighted by atomic mass is 35.5. The molecule has 1 aromatic carbocycles. The molecule has 0 aliphatic heterocycles. The molecule has 2 aromatic rings. The summed E-state index contributed by atoms with van der Waals surface area (Å²) in [7, 11) is 0. The molecular weight excluding hydrogens is 212 g/mol. The van der Waals surface area contributed by atoms with Crippen molar-refractivity contribution in [3.63, 3.8) is 0 Å². The summed E-state index contributed by atoms with van der Waals surface area (Å²) in [5.74, 6) is 0.117. The second-order valence-electron chi connectivity index (χ2n) is 3.03. The van der Waals surface area contributed by atoms with Crippen LogP contribution in [0.25, 0.3) is 0 Å². The molecule has 0 fully saturated rings. The zero-order chi connectivity index (χ0) is 10.7. The van der Waals surface area contributed by atoms with Gasteiger partial charge in [0.05, 0.1) is 17.6 Å². The van der Waals surface area contributed by atoms with Gasteiger partial charge in [0.15, 0.2) is 0 Å². The molecule has 1 aromatic heterocycles. The Kier molecular flexibility index (Phi) is 2.74. The van der Waals surface area contributed by atoms with Gasteiger partial charge in [0, 0.05) is 17.3 Å². The second kappa shape index (κ2) is 4.19. The van der Waals surface area contributed by atoms with Gasteiger partial charge in [-0.25, -0.2) is 0 Å². The third-order valence-corrected chi connectivity index (χ3v) is 2.14. The third-order valence-electron chi connectivity index (χ3n) is 1.90. The number of hydrogen-bond donors (Lipinski definition) is 2. The number of pyridine rings is 1. The molecule has 0 bridgehead atoms. The topological polar surface area (TPSA) is 45.1 Å². The number of rotatable bonds is 2. The number of halogens is 1. The Labute approximate surface area is 92.4 Å². The highest BCUT2D eigenvalue weighted by molar-refractivity contribution is 6.30. The Morgan fingerprint density at radius 3 is 2.80 bits per heavy atom. The average molecular weight is 221 g/mol. The monoisotopic (exact) mass is 220 g/mol. The fraction of sp³-hybridized carbons (Fsp3) is 0. The summed E-state index contributed by atoms with van der Waals surface area (Å²) < 4.78 is 0. The van der Waals surface area contributed by atoms with Crippen LogP contribution in [0.4, 0.5) is 11.4 Å². The third kappa shape index (κ3) is 2.39. The molecule has 76 valence electrons. The van der Waals surface area contributed by atoms with Gasteiger partial charge in [0.1, 0.15) is 5.75 Å². The van der Waals surface area contributed by atoms with Gasteiger partial charge in [-0.3, -0.25) is 4.98 Å². The molecule has 0 saturated heterocycles. The quantitative estimate of drug-likeness (QED) is 0.764. The van der Waals surface area contributed by atoms with Gasteiger partial charge in [-0.15, -0.1) is 0 Å². The molecule has 1 heterocycles. The van der Waals surface area contributed by atoms with Gasteiger partial charge in [0.2, 0.25) is 0 Å². The van der Waals surface area contributed by atoms with Crippen molar-refractivity contribution in [2.45, 2.75) is 0 Å². The molecule has 0 spiro atoms. The Hall–Kier alpha value is -1.74. The smallest absolute Gasteiger partial charge is 0.140 e. The van der Waals surface area contributed by atoms with E-state index in [-0.39, 0.29) is 5.75 Å². The normalized spacial score (nSPS) is 9.93. The first-order chi connectivity index (χ1) is 7.25. The first kappa shape index (κ1) is 9.80. The molecule has 15 heavy (non-hydrogen) atoms. The van der Waals surface area contributed by atoms with E-state index in [0.29, 0.717) is 10.7 Å². The lowest BCUT2D eigenvalue weighted by Gasteiger charge is -2.07. The molecule has 0 saturated carbocycles. The summed E-state index contributed by atoms with van der Waals surface area (Å²) in [5, 5.41) is 13.1. The Morgan fingerprint density at radius 1 is 1.27 bits per heavy atom. The molecular formula is C11H9ClN2O. The van der Waals surface area contributed by atoms with Crippen LogP contribution in [-0.2, 0) is 0 Å². The van der Waals surface area contributed by atoms with Gasteiger partial charge in [-0.05, 0) is 24.3 Å². The summed E-state index contributed by atoms with van der Waals surface area (Å²) in [5.41, 5.74) is 1.42. The van der Waals surface area contributed by atoms with E-state index in [1.807, 2.05) is 12.1 Å². The number of anilines is 2. The lowest BCUT2D eigenvalue weighted by atomic mass is 10.3. The van der Waals surface area contributed by atoms with Gasteiger partial charge in [-0.2, -0.15) is 0 Å². The van der Waals surface area contributed by atoms with Gasteiger partial charge in [0.25, 0.3) is 0 Å². The van der Waals surface area contributed by atoms with E-state index in [9.17, 15) is 5.11 Å². The number of aromatic hydroxyl groups is 1. The molecule has 4 heteroatoms. The minimum Gasteiger partial charge on any atom is -0.506 e. The zero-order valence-electron chi connectivity index (χ0n) is 7.81. The molecule has 3 nitrogen and oxygen atoms in total. The molecule has 0 atom stereocenters. The molecule has 2 N–H and O–H groups in total. The molecule has 0 radical (unpaired) electrons. The highest BCUT2D eigenvalue weighted by Crippen LogP contribution is 2.28. The Bertz CT molecular complexity index is 459. The minimum absolute atomic E-state index is 0.117. The Balaban J connectivity index is 2.25. The maximum absolute atomic E-state index is 9.59. The summed E-state index contributed by atoms with van der Waals surface area (Å²) in [6.45, 7) is 0. The fourth-order valence-electron chi connectivity index (χ4n) is 1.20. The average Bonchev–Trinajstić information content (AvgIpc) is 2.24. The predicted molar refractivity (Wildman–Crippen MR) is 60.6 cm³/mol. The van der Waals surface area contributed by atoms with Crippen molar-refractivity contribution < 1.29 is 5.11 Å². The maximum atomic E-state index is 9.59. The van der Waals surface area contributed by atoms with Crippen LogP contribution in [0.5, 0.6) is 5.75 Å². The zero-order valence-corrected chi connectivity index (χ0v) is 8.57. The van der Waals surface area contributed by atoms with Crippen molar-refractivity contribution in [2.75, 3.05) is 5.32 Å². The van der Waals surface area contributed by atoms with Crippen molar-refractivity contribution in [1.29, 1.82) is 0 Å². The number of aromatic nitrogens is 1. The number of nitrogens with one attached hydrogen (secondary N) is 1. The predicted octanol–water partition coefficient (Wildman–Crippen LogP) is 3.18. The van der Waals surface area contributed by atoms with E-state index in [2.05, 4.69) is 10.3 Å². The molecule has 0 unspecified atom stereocenters. The molecule has 0 aliphatic rings. The SMILES string of the molecule is Oc1cc(Cl)ccc1Nc1cccnc1. The maximum Gasteiger partial charge on any atom is 0.140 e. The molecule has 2 rings (SSSR count). The number of benzene rings is 1. The van der Waals surface area contributed by atoms with Crippen LogP contribution >= 0.6 is 11.6 Å². The van der Waals surface area contributed by atoms with E-state index in [1.54, 1.807) is 24.5 Å². The van der Waals surface area contributed by atoms with Crippen LogP contribution < -0.4 is 5.32 Å². The summed E-state index contributed by atoms with van der Waals surface area (Å²) in [6.07, 6.45) is 3.36. The largest absolute Gasteiger partial charge is 0.506 e. The lowest BCUT2D eigenvalue weighted by molar-refractivity contribution is 0.478. The number of hydrogen-bond acceptors (Lipinski definition) is 3. The van der Waals surface area contributed by atoms with Crippen molar-refractivity contribution >= 4 is 23.0 Å². The fourth-order valence-corrected chi connectivity index (χ4v) is 1.37. The van der Waals surface area contributed by atoms with Gasteiger partial charge >= 0.3 is 0 Å². The molecule has 0 amide bonds. The number of phenolic OH excluding ortho intramolecular Hbond substituents is 1.